The van der Waals surface area contributed by atoms with Crippen LogP contribution >= 0.6 is 70.2 Å². The van der Waals surface area contributed by atoms with Crippen LogP contribution in [0, 0.1) is 0 Å². The molecule has 0 saturated heterocycles. The lowest BCUT2D eigenvalue weighted by Gasteiger charge is -2.28. The van der Waals surface area contributed by atoms with E-state index in [0.717, 1.165) is 16.5 Å². The van der Waals surface area contributed by atoms with Gasteiger partial charge in [-0.1, -0.05) is 94.4 Å². The van der Waals surface area contributed by atoms with E-state index in [4.69, 9.17) is 70.2 Å². The van der Waals surface area contributed by atoms with Gasteiger partial charge < -0.3 is 16.0 Å². The predicted octanol–water partition coefficient (Wildman–Crippen LogP) is 6.56. The third-order valence-corrected chi connectivity index (χ3v) is 5.51. The largest absolute Gasteiger partial charge is 0.339 e. The van der Waals surface area contributed by atoms with Gasteiger partial charge in [-0.15, -0.1) is 0 Å². The maximum absolute atomic E-state index is 12.6. The lowest BCUT2D eigenvalue weighted by Crippen LogP contribution is -2.56. The zero-order valence-electron chi connectivity index (χ0n) is 15.1. The highest BCUT2D eigenvalue weighted by Gasteiger charge is 2.35. The van der Waals surface area contributed by atoms with Crippen LogP contribution in [0.25, 0.3) is 10.8 Å². The van der Waals surface area contributed by atoms with Crippen LogP contribution in [0.15, 0.2) is 60.7 Å². The number of halogens is 5. The Labute approximate surface area is 203 Å². The summed E-state index contributed by atoms with van der Waals surface area (Å²) in [5.74, 6) is -0.562. The van der Waals surface area contributed by atoms with E-state index in [1.807, 2.05) is 42.5 Å². The van der Waals surface area contributed by atoms with Crippen LogP contribution in [0.2, 0.25) is 10.0 Å². The van der Waals surface area contributed by atoms with Crippen molar-refractivity contribution in [2.75, 3.05) is 5.32 Å². The smallest absolute Gasteiger partial charge is 0.254 e. The van der Waals surface area contributed by atoms with Crippen molar-refractivity contribution in [2.24, 2.45) is 0 Å². The number of anilines is 1. The first kappa shape index (κ1) is 23.2. The number of amides is 1. The Hall–Kier alpha value is -1.47. The minimum atomic E-state index is -1.90. The highest BCUT2D eigenvalue weighted by Crippen LogP contribution is 2.30. The first-order valence-corrected chi connectivity index (χ1v) is 10.8. The van der Waals surface area contributed by atoms with E-state index in [9.17, 15) is 4.79 Å². The molecule has 0 bridgehead atoms. The molecule has 0 aliphatic rings. The van der Waals surface area contributed by atoms with Gasteiger partial charge in [-0.05, 0) is 41.9 Å². The molecule has 0 aliphatic heterocycles. The van der Waals surface area contributed by atoms with Crippen molar-refractivity contribution >= 4 is 97.7 Å². The number of rotatable bonds is 4. The van der Waals surface area contributed by atoms with E-state index in [2.05, 4.69) is 16.0 Å². The van der Waals surface area contributed by atoms with E-state index >= 15 is 0 Å². The molecule has 10 heteroatoms. The Balaban J connectivity index is 1.76. The van der Waals surface area contributed by atoms with Gasteiger partial charge in [0.1, 0.15) is 6.17 Å². The molecule has 156 valence electrons. The summed E-state index contributed by atoms with van der Waals surface area (Å²) in [5, 5.41) is 11.2. The molecule has 4 nitrogen and oxygen atoms in total. The summed E-state index contributed by atoms with van der Waals surface area (Å²) in [5.41, 5.74) is 0.941. The molecular weight excluding hydrogens is 508 g/mol. The molecule has 0 aliphatic carbocycles. The molecule has 3 rings (SSSR count). The fourth-order valence-corrected chi connectivity index (χ4v) is 3.76. The molecule has 0 spiro atoms. The second-order valence-electron chi connectivity index (χ2n) is 6.20. The van der Waals surface area contributed by atoms with Gasteiger partial charge >= 0.3 is 0 Å². The minimum absolute atomic E-state index is 0.158. The Kier molecular flexibility index (Phi) is 7.56. The van der Waals surface area contributed by atoms with E-state index in [-0.39, 0.29) is 15.7 Å². The molecule has 3 aromatic rings. The molecule has 3 N–H and O–H groups in total. The number of fused-ring (bicyclic) bond motifs is 1. The van der Waals surface area contributed by atoms with E-state index < -0.39 is 15.9 Å². The van der Waals surface area contributed by atoms with Crippen molar-refractivity contribution in [3.05, 3.63) is 76.3 Å². The van der Waals surface area contributed by atoms with E-state index in [1.165, 1.54) is 18.2 Å². The Morgan fingerprint density at radius 1 is 0.933 bits per heavy atom. The molecule has 0 saturated carbocycles. The SMILES string of the molecule is O=C(N[C@H](NC(=S)Nc1cccc2ccccc12)C(Cl)(Cl)Cl)c1ccc(Cl)cc1Cl. The summed E-state index contributed by atoms with van der Waals surface area (Å²) in [4.78, 5) is 12.6. The molecular formula is C20H14Cl5N3OS. The van der Waals surface area contributed by atoms with Crippen molar-refractivity contribution in [1.82, 2.24) is 10.6 Å². The summed E-state index contributed by atoms with van der Waals surface area (Å²) in [7, 11) is 0. The number of hydrogen-bond acceptors (Lipinski definition) is 2. The maximum Gasteiger partial charge on any atom is 0.254 e. The molecule has 0 unspecified atom stereocenters. The molecule has 1 atom stereocenters. The van der Waals surface area contributed by atoms with Crippen LogP contribution in [0.1, 0.15) is 10.4 Å². The normalized spacial score (nSPS) is 12.3. The van der Waals surface area contributed by atoms with Gasteiger partial charge in [-0.3, -0.25) is 4.79 Å². The van der Waals surface area contributed by atoms with Gasteiger partial charge in [-0.25, -0.2) is 0 Å². The highest BCUT2D eigenvalue weighted by molar-refractivity contribution is 7.80. The molecule has 0 aromatic heterocycles. The fourth-order valence-electron chi connectivity index (χ4n) is 2.71. The quantitative estimate of drug-likeness (QED) is 0.207. The molecule has 0 radical (unpaired) electrons. The lowest BCUT2D eigenvalue weighted by atomic mass is 10.1. The van der Waals surface area contributed by atoms with Gasteiger partial charge in [0.15, 0.2) is 5.11 Å². The molecule has 0 heterocycles. The Morgan fingerprint density at radius 2 is 1.63 bits per heavy atom. The molecule has 0 fully saturated rings. The van der Waals surface area contributed by atoms with Gasteiger partial charge in [0.05, 0.1) is 10.6 Å². The second kappa shape index (κ2) is 9.77. The predicted molar refractivity (Wildman–Crippen MR) is 131 cm³/mol. The summed E-state index contributed by atoms with van der Waals surface area (Å²) >= 11 is 35.5. The average Bonchev–Trinajstić information content (AvgIpc) is 2.67. The summed E-state index contributed by atoms with van der Waals surface area (Å²) in [6.45, 7) is 0. The highest BCUT2D eigenvalue weighted by atomic mass is 35.6. The van der Waals surface area contributed by atoms with Gasteiger partial charge in [0.25, 0.3) is 5.91 Å². The van der Waals surface area contributed by atoms with Crippen molar-refractivity contribution in [1.29, 1.82) is 0 Å². The van der Waals surface area contributed by atoms with Crippen molar-refractivity contribution < 1.29 is 4.79 Å². The van der Waals surface area contributed by atoms with Crippen LogP contribution < -0.4 is 16.0 Å². The standard InChI is InChI=1S/C20H14Cl5N3OS/c21-12-8-9-14(15(22)10-12)17(29)27-18(20(23,24)25)28-19(30)26-16-7-3-5-11-4-1-2-6-13(11)16/h1-10,18H,(H,27,29)(H2,26,28,30)/t18-/m1/s1. The van der Waals surface area contributed by atoms with Gasteiger partial charge in [0.2, 0.25) is 3.79 Å². The zero-order valence-corrected chi connectivity index (χ0v) is 19.7. The minimum Gasteiger partial charge on any atom is -0.339 e. The first-order chi connectivity index (χ1) is 14.1. The van der Waals surface area contributed by atoms with Crippen molar-refractivity contribution in [3.63, 3.8) is 0 Å². The maximum atomic E-state index is 12.6. The van der Waals surface area contributed by atoms with Gasteiger partial charge in [-0.2, -0.15) is 0 Å². The third-order valence-electron chi connectivity index (χ3n) is 4.09. The number of hydrogen-bond donors (Lipinski definition) is 3. The molecule has 1 amide bonds. The summed E-state index contributed by atoms with van der Waals surface area (Å²) in [6, 6.07) is 18.0. The fraction of sp³-hybridized carbons (Fsp3) is 0.100. The van der Waals surface area contributed by atoms with Crippen molar-refractivity contribution in [2.45, 2.75) is 9.96 Å². The Bertz CT molecular complexity index is 1100. The average molecular weight is 522 g/mol. The Morgan fingerprint density at radius 3 is 2.33 bits per heavy atom. The number of thiocarbonyl (C=S) groups is 1. The van der Waals surface area contributed by atoms with E-state index in [0.29, 0.717) is 5.02 Å². The number of carbonyl (C=O) groups excluding carboxylic acids is 1. The van der Waals surface area contributed by atoms with Crippen LogP contribution in [0.4, 0.5) is 5.69 Å². The third kappa shape index (κ3) is 5.82. The van der Waals surface area contributed by atoms with Crippen LogP contribution in [-0.4, -0.2) is 21.0 Å². The number of benzene rings is 3. The number of nitrogens with one attached hydrogen (secondary N) is 3. The van der Waals surface area contributed by atoms with Gasteiger partial charge in [0, 0.05) is 16.1 Å². The molecule has 30 heavy (non-hydrogen) atoms. The summed E-state index contributed by atoms with van der Waals surface area (Å²) < 4.78 is -1.90. The monoisotopic (exact) mass is 519 g/mol. The van der Waals surface area contributed by atoms with Crippen LogP contribution in [-0.2, 0) is 0 Å². The second-order valence-corrected chi connectivity index (χ2v) is 9.82. The number of carbonyl (C=O) groups is 1. The number of alkyl halides is 3. The van der Waals surface area contributed by atoms with Crippen LogP contribution in [0.5, 0.6) is 0 Å². The summed E-state index contributed by atoms with van der Waals surface area (Å²) in [6.07, 6.45) is -1.14. The molecule has 3 aromatic carbocycles. The lowest BCUT2D eigenvalue weighted by molar-refractivity contribution is 0.0934. The first-order valence-electron chi connectivity index (χ1n) is 8.53. The van der Waals surface area contributed by atoms with E-state index in [1.54, 1.807) is 0 Å². The van der Waals surface area contributed by atoms with Crippen LogP contribution in [0.3, 0.4) is 0 Å². The topological polar surface area (TPSA) is 53.2 Å². The van der Waals surface area contributed by atoms with Crippen molar-refractivity contribution in [3.8, 4) is 0 Å². The zero-order chi connectivity index (χ0) is 21.9.